The second kappa shape index (κ2) is 9.88. The zero-order valence-corrected chi connectivity index (χ0v) is 19.3. The maximum absolute atomic E-state index is 12.3. The number of rotatable bonds is 4. The van der Waals surface area contributed by atoms with Crippen molar-refractivity contribution in [1.29, 1.82) is 0 Å². The van der Waals surface area contributed by atoms with Crippen molar-refractivity contribution in [1.82, 2.24) is 9.88 Å². The van der Waals surface area contributed by atoms with Crippen molar-refractivity contribution in [3.8, 4) is 5.75 Å². The van der Waals surface area contributed by atoms with Crippen LogP contribution in [0.2, 0.25) is 0 Å². The Morgan fingerprint density at radius 2 is 1.97 bits per heavy atom. The molecule has 172 valence electrons. The molecule has 0 spiro atoms. The van der Waals surface area contributed by atoms with Crippen LogP contribution in [0, 0.1) is 0 Å². The first-order valence-electron chi connectivity index (χ1n) is 11.5. The summed E-state index contributed by atoms with van der Waals surface area (Å²) in [4.78, 5) is 21.3. The summed E-state index contributed by atoms with van der Waals surface area (Å²) in [6.45, 7) is 6.07. The van der Waals surface area contributed by atoms with Crippen LogP contribution in [0.1, 0.15) is 52.5 Å². The number of amides is 1. The monoisotopic (exact) mass is 439 g/mol. The molecule has 2 aromatic rings. The van der Waals surface area contributed by atoms with Crippen molar-refractivity contribution >= 4 is 11.7 Å². The fraction of sp³-hybridized carbons (Fsp3) is 0.520. The molecule has 0 bridgehead atoms. The van der Waals surface area contributed by atoms with Gasteiger partial charge in [-0.05, 0) is 47.7 Å². The molecule has 3 aliphatic heterocycles. The van der Waals surface area contributed by atoms with Crippen LogP contribution in [0.5, 0.6) is 5.75 Å². The number of aliphatic hydroxyl groups excluding tert-OH is 1. The zero-order chi connectivity index (χ0) is 22.7. The van der Waals surface area contributed by atoms with Crippen molar-refractivity contribution in [3.63, 3.8) is 0 Å². The first-order chi connectivity index (χ1) is 15.6. The highest BCUT2D eigenvalue weighted by Gasteiger charge is 2.30. The predicted molar refractivity (Wildman–Crippen MR) is 123 cm³/mol. The van der Waals surface area contributed by atoms with Crippen molar-refractivity contribution in [2.75, 3.05) is 38.8 Å². The number of pyridine rings is 1. The highest BCUT2D eigenvalue weighted by Crippen LogP contribution is 2.30. The van der Waals surface area contributed by atoms with Crippen LogP contribution in [-0.2, 0) is 30.7 Å². The van der Waals surface area contributed by atoms with Gasteiger partial charge in [0, 0.05) is 40.1 Å². The molecule has 7 heteroatoms. The van der Waals surface area contributed by atoms with E-state index < -0.39 is 0 Å². The van der Waals surface area contributed by atoms with E-state index in [1.807, 2.05) is 7.05 Å². The standard InChI is InChI=1S/C24H29N3O3.CH4O/c1-3-16-13-21-22(14-26(2)24(21)28)25-23(16)27-9-6-19(7-10-27)30-20-5-4-17-8-11-29-15-18(17)12-20;1-2/h4-5,12-13,19H,3,6-11,14-15H2,1-2H3;2H,1H3. The number of benzene rings is 1. The Morgan fingerprint density at radius 3 is 2.72 bits per heavy atom. The number of anilines is 1. The SMILES string of the molecule is CCc1cc2c(nc1N1CCC(Oc3ccc4c(c3)COCC4)CC1)CN(C)C2=O.CO. The number of carbonyl (C=O) groups is 1. The molecule has 0 atom stereocenters. The molecule has 7 nitrogen and oxygen atoms in total. The normalized spacial score (nSPS) is 18.1. The molecule has 1 amide bonds. The van der Waals surface area contributed by atoms with Crippen molar-refractivity contribution in [2.24, 2.45) is 0 Å². The van der Waals surface area contributed by atoms with Crippen molar-refractivity contribution < 1.29 is 19.4 Å². The number of nitrogens with zero attached hydrogens (tertiary/aromatic N) is 3. The predicted octanol–water partition coefficient (Wildman–Crippen LogP) is 2.96. The summed E-state index contributed by atoms with van der Waals surface area (Å²) in [5, 5.41) is 7.00. The molecule has 1 fully saturated rings. The summed E-state index contributed by atoms with van der Waals surface area (Å²) in [6.07, 6.45) is 4.02. The Hall–Kier alpha value is -2.64. The van der Waals surface area contributed by atoms with Crippen LogP contribution < -0.4 is 9.64 Å². The third-order valence-electron chi connectivity index (χ3n) is 6.50. The summed E-state index contributed by atoms with van der Waals surface area (Å²) >= 11 is 0. The van der Waals surface area contributed by atoms with E-state index in [-0.39, 0.29) is 12.0 Å². The molecule has 0 unspecified atom stereocenters. The van der Waals surface area contributed by atoms with Crippen LogP contribution in [-0.4, -0.2) is 60.9 Å². The van der Waals surface area contributed by atoms with Gasteiger partial charge in [0.25, 0.3) is 5.91 Å². The minimum absolute atomic E-state index is 0.0845. The lowest BCUT2D eigenvalue weighted by atomic mass is 10.0. The molecule has 0 aliphatic carbocycles. The van der Waals surface area contributed by atoms with Gasteiger partial charge in [0.1, 0.15) is 17.7 Å². The Kier molecular flexibility index (Phi) is 6.96. The lowest BCUT2D eigenvalue weighted by Gasteiger charge is -2.34. The van der Waals surface area contributed by atoms with Crippen LogP contribution in [0.25, 0.3) is 0 Å². The largest absolute Gasteiger partial charge is 0.490 e. The average molecular weight is 440 g/mol. The fourth-order valence-corrected chi connectivity index (χ4v) is 4.72. The Bertz CT molecular complexity index is 970. The Labute approximate surface area is 190 Å². The van der Waals surface area contributed by atoms with E-state index in [2.05, 4.69) is 36.1 Å². The maximum Gasteiger partial charge on any atom is 0.255 e. The second-order valence-electron chi connectivity index (χ2n) is 8.52. The first-order valence-corrected chi connectivity index (χ1v) is 11.5. The lowest BCUT2D eigenvalue weighted by Crippen LogP contribution is -2.39. The van der Waals surface area contributed by atoms with Crippen LogP contribution in [0.4, 0.5) is 5.82 Å². The Balaban J connectivity index is 0.00000119. The molecule has 1 N–H and O–H groups in total. The van der Waals surface area contributed by atoms with Crippen LogP contribution in [0.15, 0.2) is 24.3 Å². The van der Waals surface area contributed by atoms with E-state index in [0.29, 0.717) is 13.2 Å². The van der Waals surface area contributed by atoms with Gasteiger partial charge in [-0.25, -0.2) is 4.98 Å². The topological polar surface area (TPSA) is 75.1 Å². The first kappa shape index (κ1) is 22.6. The van der Waals surface area contributed by atoms with E-state index in [4.69, 9.17) is 19.6 Å². The zero-order valence-electron chi connectivity index (χ0n) is 19.3. The highest BCUT2D eigenvalue weighted by atomic mass is 16.5. The highest BCUT2D eigenvalue weighted by molar-refractivity contribution is 5.98. The number of carbonyl (C=O) groups excluding carboxylic acids is 1. The minimum atomic E-state index is 0.0845. The third kappa shape index (κ3) is 4.45. The quantitative estimate of drug-likeness (QED) is 0.790. The maximum atomic E-state index is 12.3. The van der Waals surface area contributed by atoms with E-state index in [0.717, 1.165) is 80.9 Å². The van der Waals surface area contributed by atoms with E-state index in [9.17, 15) is 4.79 Å². The number of fused-ring (bicyclic) bond motifs is 2. The average Bonchev–Trinajstić information content (AvgIpc) is 3.12. The lowest BCUT2D eigenvalue weighted by molar-refractivity contribution is 0.0816. The van der Waals surface area contributed by atoms with Gasteiger partial charge in [0.05, 0.1) is 31.0 Å². The van der Waals surface area contributed by atoms with Gasteiger partial charge in [0.15, 0.2) is 0 Å². The van der Waals surface area contributed by atoms with Gasteiger partial charge in [-0.2, -0.15) is 0 Å². The van der Waals surface area contributed by atoms with Gasteiger partial charge in [-0.15, -0.1) is 0 Å². The molecular formula is C25H33N3O4. The van der Waals surface area contributed by atoms with E-state index in [1.54, 1.807) is 4.90 Å². The van der Waals surface area contributed by atoms with Crippen LogP contribution >= 0.6 is 0 Å². The molecular weight excluding hydrogens is 406 g/mol. The van der Waals surface area contributed by atoms with Gasteiger partial charge in [-0.3, -0.25) is 4.79 Å². The number of hydrogen-bond donors (Lipinski definition) is 1. The fourth-order valence-electron chi connectivity index (χ4n) is 4.72. The van der Waals surface area contributed by atoms with Crippen LogP contribution in [0.3, 0.4) is 0 Å². The number of aryl methyl sites for hydroxylation is 1. The van der Waals surface area contributed by atoms with Crippen molar-refractivity contribution in [2.45, 2.75) is 51.9 Å². The minimum Gasteiger partial charge on any atom is -0.490 e. The number of hydrogen-bond acceptors (Lipinski definition) is 6. The number of piperidine rings is 1. The molecule has 4 heterocycles. The Morgan fingerprint density at radius 1 is 1.19 bits per heavy atom. The molecule has 0 saturated carbocycles. The van der Waals surface area contributed by atoms with Gasteiger partial charge < -0.3 is 24.4 Å². The molecule has 3 aliphatic rings. The number of ether oxygens (including phenoxy) is 2. The third-order valence-corrected chi connectivity index (χ3v) is 6.50. The van der Waals surface area contributed by atoms with Crippen molar-refractivity contribution in [3.05, 3.63) is 52.2 Å². The van der Waals surface area contributed by atoms with Gasteiger partial charge >= 0.3 is 0 Å². The summed E-state index contributed by atoms with van der Waals surface area (Å²) in [5.41, 5.74) is 5.47. The summed E-state index contributed by atoms with van der Waals surface area (Å²) < 4.78 is 11.9. The smallest absolute Gasteiger partial charge is 0.255 e. The number of aliphatic hydroxyl groups is 1. The van der Waals surface area contributed by atoms with Gasteiger partial charge in [0.2, 0.25) is 0 Å². The molecule has 0 radical (unpaired) electrons. The second-order valence-corrected chi connectivity index (χ2v) is 8.52. The molecule has 1 aromatic heterocycles. The van der Waals surface area contributed by atoms with E-state index >= 15 is 0 Å². The number of aromatic nitrogens is 1. The summed E-state index contributed by atoms with van der Waals surface area (Å²) in [7, 11) is 2.84. The van der Waals surface area contributed by atoms with Gasteiger partial charge in [-0.1, -0.05) is 13.0 Å². The summed E-state index contributed by atoms with van der Waals surface area (Å²) in [5.74, 6) is 2.08. The van der Waals surface area contributed by atoms with E-state index in [1.165, 1.54) is 11.1 Å². The summed E-state index contributed by atoms with van der Waals surface area (Å²) in [6, 6.07) is 8.48. The molecule has 1 aromatic carbocycles. The molecule has 32 heavy (non-hydrogen) atoms. The molecule has 1 saturated heterocycles. The molecule has 5 rings (SSSR count).